The number of fused-ring (bicyclic) bond motifs is 1. The van der Waals surface area contributed by atoms with Crippen LogP contribution in [0.15, 0.2) is 41.3 Å². The van der Waals surface area contributed by atoms with Gasteiger partial charge in [-0.15, -0.1) is 0 Å². The fraction of sp³-hybridized carbons (Fsp3) is 0.350. The molecule has 0 spiro atoms. The molecule has 2 aromatic carbocycles. The van der Waals surface area contributed by atoms with E-state index in [0.717, 1.165) is 22.0 Å². The highest BCUT2D eigenvalue weighted by Crippen LogP contribution is 2.33. The van der Waals surface area contributed by atoms with Crippen LogP contribution in [-0.2, 0) is 10.0 Å². The second-order valence-corrected chi connectivity index (χ2v) is 10.1. The molecule has 0 saturated carbocycles. The fourth-order valence-corrected chi connectivity index (χ4v) is 6.14. The highest BCUT2D eigenvalue weighted by atomic mass is 32.2. The van der Waals surface area contributed by atoms with E-state index < -0.39 is 14.9 Å². The van der Waals surface area contributed by atoms with Crippen molar-refractivity contribution >= 4 is 37.3 Å². The Bertz CT molecular complexity index is 1230. The molecule has 2 heterocycles. The number of methoxy groups -OCH3 is 1. The Morgan fingerprint density at radius 2 is 1.94 bits per heavy atom. The lowest BCUT2D eigenvalue weighted by Crippen LogP contribution is -2.41. The first-order valence-corrected chi connectivity index (χ1v) is 11.9. The normalized spacial score (nSPS) is 15.8. The Balaban J connectivity index is 1.45. The molecule has 0 amide bonds. The molecule has 1 fully saturated rings. The maximum Gasteiger partial charge on any atom is 0.274 e. The van der Waals surface area contributed by atoms with Crippen LogP contribution >= 0.6 is 11.3 Å². The van der Waals surface area contributed by atoms with Gasteiger partial charge in [0.05, 0.1) is 27.1 Å². The summed E-state index contributed by atoms with van der Waals surface area (Å²) in [6.07, 6.45) is 0.860. The number of aromatic nitrogens is 1. The van der Waals surface area contributed by atoms with Crippen LogP contribution in [0.5, 0.6) is 10.9 Å². The molecule has 1 saturated heterocycles. The molecule has 0 atom stereocenters. The van der Waals surface area contributed by atoms with Crippen LogP contribution in [0.4, 0.5) is 5.69 Å². The van der Waals surface area contributed by atoms with E-state index >= 15 is 0 Å². The first-order valence-electron chi connectivity index (χ1n) is 9.64. The Kier molecular flexibility index (Phi) is 5.82. The molecule has 0 unspecified atom stereocenters. The number of nitrogens with zero attached hydrogens (tertiary/aromatic N) is 3. The van der Waals surface area contributed by atoms with Gasteiger partial charge >= 0.3 is 0 Å². The zero-order valence-corrected chi connectivity index (χ0v) is 18.6. The summed E-state index contributed by atoms with van der Waals surface area (Å²) in [6, 6.07) is 9.50. The van der Waals surface area contributed by atoms with Crippen LogP contribution in [0.3, 0.4) is 0 Å². The van der Waals surface area contributed by atoms with Crippen LogP contribution < -0.4 is 9.47 Å². The van der Waals surface area contributed by atoms with E-state index in [4.69, 9.17) is 9.47 Å². The maximum atomic E-state index is 13.1. The molecule has 1 aromatic heterocycles. The van der Waals surface area contributed by atoms with Gasteiger partial charge in [0.15, 0.2) is 0 Å². The predicted molar refractivity (Wildman–Crippen MR) is 116 cm³/mol. The van der Waals surface area contributed by atoms with Crippen molar-refractivity contribution in [2.75, 3.05) is 20.2 Å². The number of hydrogen-bond acceptors (Lipinski definition) is 8. The molecular formula is C20H21N3O6S2. The Labute approximate surface area is 183 Å². The predicted octanol–water partition coefficient (Wildman–Crippen LogP) is 3.75. The summed E-state index contributed by atoms with van der Waals surface area (Å²) < 4.78 is 39.7. The molecular weight excluding hydrogens is 442 g/mol. The smallest absolute Gasteiger partial charge is 0.274 e. The fourth-order valence-electron chi connectivity index (χ4n) is 3.51. The van der Waals surface area contributed by atoms with Crippen molar-refractivity contribution in [1.29, 1.82) is 0 Å². The molecule has 0 N–H and O–H groups in total. The van der Waals surface area contributed by atoms with Gasteiger partial charge in [-0.25, -0.2) is 13.4 Å². The Morgan fingerprint density at radius 3 is 2.61 bits per heavy atom. The van der Waals surface area contributed by atoms with Gasteiger partial charge in [-0.1, -0.05) is 17.4 Å². The van der Waals surface area contributed by atoms with Gasteiger partial charge in [0.2, 0.25) is 10.0 Å². The molecule has 1 aliphatic heterocycles. The van der Waals surface area contributed by atoms with Gasteiger partial charge in [0, 0.05) is 25.2 Å². The number of non-ortho nitro benzene ring substituents is 1. The van der Waals surface area contributed by atoms with E-state index in [9.17, 15) is 18.5 Å². The van der Waals surface area contributed by atoms with E-state index in [0.29, 0.717) is 23.6 Å². The van der Waals surface area contributed by atoms with E-state index in [2.05, 4.69) is 4.98 Å². The number of thiazole rings is 1. The molecule has 0 aliphatic carbocycles. The number of nitro benzene ring substituents is 1. The zero-order chi connectivity index (χ0) is 22.2. The number of aryl methyl sites for hydroxylation is 1. The zero-order valence-electron chi connectivity index (χ0n) is 17.0. The van der Waals surface area contributed by atoms with Crippen LogP contribution in [0.25, 0.3) is 10.2 Å². The van der Waals surface area contributed by atoms with Crippen molar-refractivity contribution in [3.05, 3.63) is 52.1 Å². The van der Waals surface area contributed by atoms with E-state index in [1.54, 1.807) is 14.0 Å². The van der Waals surface area contributed by atoms with Crippen LogP contribution in [0, 0.1) is 17.0 Å². The number of ether oxygens (including phenoxy) is 2. The van der Waals surface area contributed by atoms with Gasteiger partial charge in [-0.3, -0.25) is 10.1 Å². The van der Waals surface area contributed by atoms with Gasteiger partial charge in [-0.05, 0) is 43.5 Å². The molecule has 164 valence electrons. The quantitative estimate of drug-likeness (QED) is 0.404. The molecule has 0 bridgehead atoms. The molecule has 3 aromatic rings. The minimum atomic E-state index is -3.83. The highest BCUT2D eigenvalue weighted by molar-refractivity contribution is 7.89. The highest BCUT2D eigenvalue weighted by Gasteiger charge is 2.32. The summed E-state index contributed by atoms with van der Waals surface area (Å²) in [6.45, 7) is 2.18. The Morgan fingerprint density at radius 1 is 1.19 bits per heavy atom. The van der Waals surface area contributed by atoms with Crippen LogP contribution in [0.1, 0.15) is 18.4 Å². The van der Waals surface area contributed by atoms with Crippen molar-refractivity contribution in [3.63, 3.8) is 0 Å². The minimum absolute atomic E-state index is 0.0267. The number of benzene rings is 2. The first-order chi connectivity index (χ1) is 14.8. The third-order valence-electron chi connectivity index (χ3n) is 5.24. The number of rotatable bonds is 6. The topological polar surface area (TPSA) is 112 Å². The molecule has 9 nitrogen and oxygen atoms in total. The summed E-state index contributed by atoms with van der Waals surface area (Å²) in [5.41, 5.74) is 1.06. The van der Waals surface area contributed by atoms with Crippen LogP contribution in [0.2, 0.25) is 0 Å². The molecule has 4 rings (SSSR count). The van der Waals surface area contributed by atoms with Gasteiger partial charge in [0.1, 0.15) is 11.9 Å². The lowest BCUT2D eigenvalue weighted by Gasteiger charge is -2.31. The lowest BCUT2D eigenvalue weighted by atomic mass is 10.1. The minimum Gasteiger partial charge on any atom is -0.497 e. The molecule has 0 radical (unpaired) electrons. The summed E-state index contributed by atoms with van der Waals surface area (Å²) in [5.74, 6) is 0.748. The van der Waals surface area contributed by atoms with Crippen LogP contribution in [-0.4, -0.2) is 48.9 Å². The first kappa shape index (κ1) is 21.5. The summed E-state index contributed by atoms with van der Waals surface area (Å²) in [4.78, 5) is 14.9. The standard InChI is InChI=1S/C20H21N3O6S2/c1-13-3-4-14(23(24)25)11-19(13)31(26,27)22-9-7-15(8-10-22)29-20-21-17-6-5-16(28-2)12-18(17)30-20/h3-6,11-12,15H,7-10H2,1-2H3. The third kappa shape index (κ3) is 4.34. The average Bonchev–Trinajstić information content (AvgIpc) is 3.15. The average molecular weight is 464 g/mol. The van der Waals surface area contributed by atoms with Crippen molar-refractivity contribution in [2.45, 2.75) is 30.8 Å². The summed E-state index contributed by atoms with van der Waals surface area (Å²) in [7, 11) is -2.22. The lowest BCUT2D eigenvalue weighted by molar-refractivity contribution is -0.385. The van der Waals surface area contributed by atoms with Crippen molar-refractivity contribution in [2.24, 2.45) is 0 Å². The van der Waals surface area contributed by atoms with E-state index in [1.807, 2.05) is 18.2 Å². The largest absolute Gasteiger partial charge is 0.497 e. The number of hydrogen-bond donors (Lipinski definition) is 0. The third-order valence-corrected chi connectivity index (χ3v) is 8.19. The maximum absolute atomic E-state index is 13.1. The van der Waals surface area contributed by atoms with Gasteiger partial charge in [0.25, 0.3) is 10.9 Å². The number of nitro groups is 1. The second kappa shape index (κ2) is 8.40. The van der Waals surface area contributed by atoms with Crippen molar-refractivity contribution in [1.82, 2.24) is 9.29 Å². The summed E-state index contributed by atoms with van der Waals surface area (Å²) >= 11 is 1.42. The van der Waals surface area contributed by atoms with Gasteiger partial charge < -0.3 is 9.47 Å². The van der Waals surface area contributed by atoms with Crippen molar-refractivity contribution < 1.29 is 22.8 Å². The number of sulfonamides is 1. The molecule has 1 aliphatic rings. The summed E-state index contributed by atoms with van der Waals surface area (Å²) in [5, 5.41) is 11.6. The molecule has 11 heteroatoms. The van der Waals surface area contributed by atoms with E-state index in [-0.39, 0.29) is 29.8 Å². The van der Waals surface area contributed by atoms with E-state index in [1.165, 1.54) is 27.8 Å². The second-order valence-electron chi connectivity index (χ2n) is 7.24. The van der Waals surface area contributed by atoms with Gasteiger partial charge in [-0.2, -0.15) is 4.31 Å². The monoisotopic (exact) mass is 463 g/mol. The molecule has 31 heavy (non-hydrogen) atoms. The number of piperidine rings is 1. The van der Waals surface area contributed by atoms with Crippen molar-refractivity contribution in [3.8, 4) is 10.9 Å². The Hall–Kier alpha value is -2.76. The SMILES string of the molecule is COc1ccc2nc(OC3CCN(S(=O)(=O)c4cc([N+](=O)[O-])ccc4C)CC3)sc2c1.